The summed E-state index contributed by atoms with van der Waals surface area (Å²) in [6.07, 6.45) is 0.153. The summed E-state index contributed by atoms with van der Waals surface area (Å²) in [5, 5.41) is 2.52. The van der Waals surface area contributed by atoms with Crippen molar-refractivity contribution >= 4 is 23.6 Å². The van der Waals surface area contributed by atoms with E-state index in [-0.39, 0.29) is 29.6 Å². The van der Waals surface area contributed by atoms with Crippen LogP contribution in [0.25, 0.3) is 0 Å². The summed E-state index contributed by atoms with van der Waals surface area (Å²) >= 11 is 1.49. The number of hydrogen-bond acceptors (Lipinski definition) is 4. The highest BCUT2D eigenvalue weighted by Crippen LogP contribution is 2.35. The summed E-state index contributed by atoms with van der Waals surface area (Å²) in [6.45, 7) is 1.80. The van der Waals surface area contributed by atoms with E-state index < -0.39 is 0 Å². The van der Waals surface area contributed by atoms with Gasteiger partial charge in [-0.2, -0.15) is 0 Å². The van der Waals surface area contributed by atoms with Crippen LogP contribution in [0.5, 0.6) is 0 Å². The average molecular weight is 343 g/mol. The standard InChI is InChI=1S/C19H21NO3S/c1-14(13-17(21)23-2)20-19(22)18(15-9-5-3-6-10-15)24-16-11-7-4-8-12-16/h3-12,14,18H,13H2,1-2H3,(H,20,22). The number of hydrogen-bond donors (Lipinski definition) is 1. The number of rotatable bonds is 7. The van der Waals surface area contributed by atoms with Crippen LogP contribution in [-0.2, 0) is 14.3 Å². The molecular formula is C19H21NO3S. The Morgan fingerprint density at radius 3 is 2.21 bits per heavy atom. The molecule has 1 N–H and O–H groups in total. The van der Waals surface area contributed by atoms with Crippen LogP contribution in [0.2, 0.25) is 0 Å². The maximum absolute atomic E-state index is 12.7. The van der Waals surface area contributed by atoms with E-state index in [0.717, 1.165) is 10.5 Å². The smallest absolute Gasteiger partial charge is 0.307 e. The zero-order chi connectivity index (χ0) is 17.4. The quantitative estimate of drug-likeness (QED) is 0.617. The molecule has 0 aliphatic heterocycles. The summed E-state index contributed by atoms with van der Waals surface area (Å²) in [5.74, 6) is -0.457. The molecule has 0 aliphatic rings. The molecule has 1 amide bonds. The van der Waals surface area contributed by atoms with Gasteiger partial charge in [-0.1, -0.05) is 48.5 Å². The van der Waals surface area contributed by atoms with Crippen molar-refractivity contribution in [3.05, 3.63) is 66.2 Å². The second kappa shape index (κ2) is 9.13. The van der Waals surface area contributed by atoms with Gasteiger partial charge in [0.05, 0.1) is 13.5 Å². The van der Waals surface area contributed by atoms with Crippen LogP contribution in [-0.4, -0.2) is 25.0 Å². The van der Waals surface area contributed by atoms with Crippen LogP contribution in [0.4, 0.5) is 0 Å². The van der Waals surface area contributed by atoms with Crippen molar-refractivity contribution in [2.75, 3.05) is 7.11 Å². The SMILES string of the molecule is COC(=O)CC(C)NC(=O)C(Sc1ccccc1)c1ccccc1. The lowest BCUT2D eigenvalue weighted by Crippen LogP contribution is -2.37. The lowest BCUT2D eigenvalue weighted by molar-refractivity contribution is -0.141. The van der Waals surface area contributed by atoms with Crippen molar-refractivity contribution in [1.29, 1.82) is 0 Å². The molecule has 4 nitrogen and oxygen atoms in total. The minimum absolute atomic E-state index is 0.119. The minimum Gasteiger partial charge on any atom is -0.469 e. The van der Waals surface area contributed by atoms with E-state index in [1.54, 1.807) is 6.92 Å². The van der Waals surface area contributed by atoms with Gasteiger partial charge in [0.2, 0.25) is 5.91 Å². The summed E-state index contributed by atoms with van der Waals surface area (Å²) in [6, 6.07) is 19.1. The highest BCUT2D eigenvalue weighted by atomic mass is 32.2. The van der Waals surface area contributed by atoms with Crippen molar-refractivity contribution in [2.24, 2.45) is 0 Å². The van der Waals surface area contributed by atoms with Gasteiger partial charge in [0.25, 0.3) is 0 Å². The molecule has 2 rings (SSSR count). The van der Waals surface area contributed by atoms with Crippen molar-refractivity contribution in [3.63, 3.8) is 0 Å². The number of amides is 1. The first-order valence-corrected chi connectivity index (χ1v) is 8.62. The van der Waals surface area contributed by atoms with Crippen LogP contribution in [0.15, 0.2) is 65.6 Å². The second-order valence-electron chi connectivity index (χ2n) is 5.41. The molecule has 2 atom stereocenters. The van der Waals surface area contributed by atoms with E-state index in [1.807, 2.05) is 60.7 Å². The van der Waals surface area contributed by atoms with Crippen LogP contribution < -0.4 is 5.32 Å². The minimum atomic E-state index is -0.381. The van der Waals surface area contributed by atoms with Gasteiger partial charge in [-0.05, 0) is 24.6 Å². The molecule has 0 aromatic heterocycles. The lowest BCUT2D eigenvalue weighted by atomic mass is 10.1. The van der Waals surface area contributed by atoms with E-state index >= 15 is 0 Å². The predicted octanol–water partition coefficient (Wildman–Crippen LogP) is 3.59. The predicted molar refractivity (Wildman–Crippen MR) is 95.7 cm³/mol. The zero-order valence-electron chi connectivity index (χ0n) is 13.8. The fourth-order valence-corrected chi connectivity index (χ4v) is 3.29. The van der Waals surface area contributed by atoms with Crippen molar-refractivity contribution in [3.8, 4) is 0 Å². The molecule has 0 saturated heterocycles. The number of thioether (sulfide) groups is 1. The number of esters is 1. The topological polar surface area (TPSA) is 55.4 Å². The molecule has 0 spiro atoms. The molecule has 24 heavy (non-hydrogen) atoms. The molecule has 126 valence electrons. The fourth-order valence-electron chi connectivity index (χ4n) is 2.24. The molecule has 0 aliphatic carbocycles. The number of ether oxygens (including phenoxy) is 1. The Hall–Kier alpha value is -2.27. The Kier molecular flexibility index (Phi) is 6.88. The normalized spacial score (nSPS) is 12.9. The van der Waals surface area contributed by atoms with Gasteiger partial charge < -0.3 is 10.1 Å². The number of carbonyl (C=O) groups is 2. The van der Waals surface area contributed by atoms with Crippen LogP contribution in [0.3, 0.4) is 0 Å². The van der Waals surface area contributed by atoms with E-state index in [1.165, 1.54) is 18.9 Å². The zero-order valence-corrected chi connectivity index (χ0v) is 14.6. The molecule has 0 saturated carbocycles. The Bertz CT molecular complexity index is 661. The van der Waals surface area contributed by atoms with Gasteiger partial charge in [-0.15, -0.1) is 11.8 Å². The average Bonchev–Trinajstić information content (AvgIpc) is 2.61. The summed E-state index contributed by atoms with van der Waals surface area (Å²) in [7, 11) is 1.34. The Balaban J connectivity index is 2.13. The van der Waals surface area contributed by atoms with Gasteiger partial charge in [0.15, 0.2) is 0 Å². The van der Waals surface area contributed by atoms with Gasteiger partial charge in [-0.3, -0.25) is 9.59 Å². The third-order valence-corrected chi connectivity index (χ3v) is 4.69. The molecule has 0 radical (unpaired) electrons. The number of benzene rings is 2. The first-order chi connectivity index (χ1) is 11.6. The first kappa shape index (κ1) is 18.1. The monoisotopic (exact) mass is 343 g/mol. The first-order valence-electron chi connectivity index (χ1n) is 7.74. The van der Waals surface area contributed by atoms with Gasteiger partial charge in [0, 0.05) is 10.9 Å². The number of methoxy groups -OCH3 is 1. The van der Waals surface area contributed by atoms with Gasteiger partial charge in [-0.25, -0.2) is 0 Å². The highest BCUT2D eigenvalue weighted by molar-refractivity contribution is 8.00. The molecule has 0 bridgehead atoms. The molecule has 2 aromatic rings. The molecule has 2 aromatic carbocycles. The van der Waals surface area contributed by atoms with Crippen LogP contribution >= 0.6 is 11.8 Å². The van der Waals surface area contributed by atoms with E-state index in [9.17, 15) is 9.59 Å². The maximum Gasteiger partial charge on any atom is 0.307 e. The largest absolute Gasteiger partial charge is 0.469 e. The van der Waals surface area contributed by atoms with Gasteiger partial charge in [0.1, 0.15) is 5.25 Å². The second-order valence-corrected chi connectivity index (χ2v) is 6.59. The highest BCUT2D eigenvalue weighted by Gasteiger charge is 2.24. The fraction of sp³-hybridized carbons (Fsp3) is 0.263. The molecule has 2 unspecified atom stereocenters. The van der Waals surface area contributed by atoms with Crippen molar-refractivity contribution in [2.45, 2.75) is 29.5 Å². The maximum atomic E-state index is 12.7. The molecule has 0 heterocycles. The Morgan fingerprint density at radius 1 is 1.04 bits per heavy atom. The Labute approximate surface area is 146 Å². The Morgan fingerprint density at radius 2 is 1.62 bits per heavy atom. The lowest BCUT2D eigenvalue weighted by Gasteiger charge is -2.20. The van der Waals surface area contributed by atoms with Crippen LogP contribution in [0, 0.1) is 0 Å². The summed E-state index contributed by atoms with van der Waals surface area (Å²) in [5.41, 5.74) is 0.925. The third-order valence-electron chi connectivity index (χ3n) is 3.43. The molecule has 0 fully saturated rings. The summed E-state index contributed by atoms with van der Waals surface area (Å²) in [4.78, 5) is 25.1. The van der Waals surface area contributed by atoms with E-state index in [0.29, 0.717) is 0 Å². The number of nitrogens with one attached hydrogen (secondary N) is 1. The van der Waals surface area contributed by atoms with Crippen molar-refractivity contribution in [1.82, 2.24) is 5.32 Å². The summed E-state index contributed by atoms with van der Waals surface area (Å²) < 4.78 is 4.65. The third kappa shape index (κ3) is 5.42. The number of carbonyl (C=O) groups excluding carboxylic acids is 2. The van der Waals surface area contributed by atoms with E-state index in [4.69, 9.17) is 0 Å². The van der Waals surface area contributed by atoms with Crippen LogP contribution in [0.1, 0.15) is 24.2 Å². The van der Waals surface area contributed by atoms with E-state index in [2.05, 4.69) is 10.1 Å². The van der Waals surface area contributed by atoms with Crippen molar-refractivity contribution < 1.29 is 14.3 Å². The van der Waals surface area contributed by atoms with Gasteiger partial charge >= 0.3 is 5.97 Å². The molecular weight excluding hydrogens is 322 g/mol. The molecule has 5 heteroatoms.